The smallest absolute Gasteiger partial charge is 0.211 e. The number of halogens is 6. The molecule has 0 aliphatic carbocycles. The minimum Gasteiger partial charge on any atom is -0.211 e. The molecule has 0 N–H and O–H groups in total. The second-order valence-electron chi connectivity index (χ2n) is 1.32. The number of nitrogens with zero attached hydrogens (tertiary/aromatic N) is 1. The minimum atomic E-state index is -2.84. The van der Waals surface area contributed by atoms with Gasteiger partial charge in [0, 0.05) is 0 Å². The zero-order chi connectivity index (χ0) is 9.28. The van der Waals surface area contributed by atoms with Crippen molar-refractivity contribution in [1.82, 2.24) is 0 Å². The van der Waals surface area contributed by atoms with Crippen molar-refractivity contribution in [3.8, 4) is 0 Å². The van der Waals surface area contributed by atoms with E-state index in [1.54, 1.807) is 0 Å². The Bertz CT molecular complexity index is 213. The molecule has 0 bridgehead atoms. The third kappa shape index (κ3) is 7.16. The molecule has 0 atom stereocenters. The molecule has 66 valence electrons. The highest BCUT2D eigenvalue weighted by molar-refractivity contribution is 8.38. The lowest BCUT2D eigenvalue weighted by atomic mass is 10.8. The van der Waals surface area contributed by atoms with Gasteiger partial charge in [0.15, 0.2) is 5.17 Å². The van der Waals surface area contributed by atoms with E-state index in [1.807, 2.05) is 0 Å². The Morgan fingerprint density at radius 2 is 1.64 bits per heavy atom. The fraction of sp³-hybridized carbons (Fsp3) is 0.500. The van der Waals surface area contributed by atoms with Crippen LogP contribution >= 0.6 is 73.8 Å². The van der Waals surface area contributed by atoms with Gasteiger partial charge in [-0.05, 0) is 34.3 Å². The molecular weight excluding hydrogens is 314 g/mol. The minimum absolute atomic E-state index is 0.323. The topological polar surface area (TPSA) is 12.4 Å². The van der Waals surface area contributed by atoms with Gasteiger partial charge in [0.1, 0.15) is 0 Å². The molecule has 0 aliphatic heterocycles. The Balaban J connectivity index is 4.63. The van der Waals surface area contributed by atoms with E-state index in [4.69, 9.17) is 68.9 Å². The Hall–Kier alpha value is 2.06. The largest absolute Gasteiger partial charge is 0.243 e. The summed E-state index contributed by atoms with van der Waals surface area (Å²) in [6, 6.07) is 0. The standard InChI is InChI=1S/C2Cl6NPS/c3-1(2(4,5)6)9-10(7,8)11/b9-1-. The molecule has 0 spiro atoms. The van der Waals surface area contributed by atoms with E-state index in [2.05, 4.69) is 16.6 Å². The van der Waals surface area contributed by atoms with E-state index in [-0.39, 0.29) is 5.17 Å². The van der Waals surface area contributed by atoms with E-state index < -0.39 is 8.69 Å². The van der Waals surface area contributed by atoms with Crippen LogP contribution in [0.1, 0.15) is 0 Å². The summed E-state index contributed by atoms with van der Waals surface area (Å²) in [6.07, 6.45) is 0. The van der Waals surface area contributed by atoms with Gasteiger partial charge in [0.2, 0.25) is 8.69 Å². The summed E-state index contributed by atoms with van der Waals surface area (Å²) >= 11 is 36.6. The van der Waals surface area contributed by atoms with Crippen LogP contribution < -0.4 is 0 Å². The first-order chi connectivity index (χ1) is 4.63. The van der Waals surface area contributed by atoms with Gasteiger partial charge < -0.3 is 0 Å². The van der Waals surface area contributed by atoms with E-state index >= 15 is 0 Å². The third-order valence-electron chi connectivity index (χ3n) is 0.438. The van der Waals surface area contributed by atoms with Crippen molar-refractivity contribution < 1.29 is 0 Å². The number of hydrogen-bond acceptors (Lipinski definition) is 1. The normalized spacial score (nSPS) is 15.3. The van der Waals surface area contributed by atoms with E-state index in [1.165, 1.54) is 0 Å². The molecule has 0 heterocycles. The summed E-state index contributed by atoms with van der Waals surface area (Å²) in [7, 11) is 0. The lowest BCUT2D eigenvalue weighted by molar-refractivity contribution is 1.60. The van der Waals surface area contributed by atoms with Crippen LogP contribution in [-0.4, -0.2) is 8.96 Å². The molecule has 9 heteroatoms. The fourth-order valence-corrected chi connectivity index (χ4v) is 2.22. The summed E-state index contributed by atoms with van der Waals surface area (Å²) in [4.78, 5) is -2.84. The maximum atomic E-state index is 5.39. The molecule has 0 unspecified atom stereocenters. The van der Waals surface area contributed by atoms with Gasteiger partial charge in [-0.15, -0.1) is 0 Å². The van der Waals surface area contributed by atoms with Crippen LogP contribution in [0.2, 0.25) is 0 Å². The Morgan fingerprint density at radius 1 is 1.27 bits per heavy atom. The van der Waals surface area contributed by atoms with Crippen LogP contribution in [-0.2, 0) is 11.8 Å². The molecule has 0 rings (SSSR count). The second-order valence-corrected chi connectivity index (χ2v) is 11.3. The Morgan fingerprint density at radius 3 is 1.73 bits per heavy atom. The molecule has 0 radical (unpaired) electrons. The molecule has 0 aromatic carbocycles. The summed E-state index contributed by atoms with van der Waals surface area (Å²) in [6.45, 7) is 0. The Kier molecular flexibility index (Phi) is 5.37. The number of rotatable bonds is 1. The maximum absolute atomic E-state index is 5.39. The van der Waals surface area contributed by atoms with Gasteiger partial charge in [-0.1, -0.05) is 46.4 Å². The first-order valence-electron chi connectivity index (χ1n) is 1.95. The summed E-state index contributed by atoms with van der Waals surface area (Å²) < 4.78 is 1.61. The summed E-state index contributed by atoms with van der Waals surface area (Å²) in [5, 5.41) is -0.323. The number of hydrogen-bond donors (Lipinski definition) is 0. The van der Waals surface area contributed by atoms with Crippen molar-refractivity contribution in [3.05, 3.63) is 0 Å². The highest BCUT2D eigenvalue weighted by Gasteiger charge is 2.28. The molecule has 0 saturated carbocycles. The number of alkyl halides is 3. The van der Waals surface area contributed by atoms with Crippen molar-refractivity contribution in [1.29, 1.82) is 0 Å². The van der Waals surface area contributed by atoms with Crippen LogP contribution in [0.5, 0.6) is 0 Å². The molecule has 0 amide bonds. The predicted molar refractivity (Wildman–Crippen MR) is 59.6 cm³/mol. The van der Waals surface area contributed by atoms with Crippen molar-refractivity contribution >= 4 is 90.8 Å². The van der Waals surface area contributed by atoms with Crippen LogP contribution in [0.25, 0.3) is 0 Å². The monoisotopic (exact) mass is 311 g/mol. The third-order valence-corrected chi connectivity index (χ3v) is 2.88. The van der Waals surface area contributed by atoms with Gasteiger partial charge >= 0.3 is 0 Å². The lowest BCUT2D eigenvalue weighted by Crippen LogP contribution is -2.11. The Labute approximate surface area is 98.6 Å². The molecular formula is C2Cl6NPS. The zero-order valence-corrected chi connectivity index (χ0v) is 10.8. The first kappa shape index (κ1) is 13.1. The molecule has 0 aliphatic rings. The fourth-order valence-electron chi connectivity index (χ4n) is 0.159. The average Bonchev–Trinajstić information content (AvgIpc) is 1.56. The lowest BCUT2D eigenvalue weighted by Gasteiger charge is -2.08. The van der Waals surface area contributed by atoms with Crippen molar-refractivity contribution in [2.24, 2.45) is 4.76 Å². The van der Waals surface area contributed by atoms with Crippen LogP contribution in [0, 0.1) is 0 Å². The van der Waals surface area contributed by atoms with Gasteiger partial charge in [0.25, 0.3) is 0 Å². The summed E-state index contributed by atoms with van der Waals surface area (Å²) in [5.41, 5.74) is 0. The van der Waals surface area contributed by atoms with Crippen molar-refractivity contribution in [3.63, 3.8) is 0 Å². The molecule has 0 aromatic heterocycles. The second kappa shape index (κ2) is 4.52. The summed E-state index contributed by atoms with van der Waals surface area (Å²) in [5.74, 6) is 0. The first-order valence-corrected chi connectivity index (χ1v) is 8.03. The van der Waals surface area contributed by atoms with Gasteiger partial charge in [0.05, 0.1) is 0 Å². The van der Waals surface area contributed by atoms with E-state index in [9.17, 15) is 0 Å². The van der Waals surface area contributed by atoms with E-state index in [0.717, 1.165) is 0 Å². The molecule has 0 aromatic rings. The van der Waals surface area contributed by atoms with E-state index in [0.29, 0.717) is 0 Å². The zero-order valence-electron chi connectivity index (χ0n) is 4.57. The van der Waals surface area contributed by atoms with Gasteiger partial charge in [-0.2, -0.15) is 0 Å². The van der Waals surface area contributed by atoms with Crippen LogP contribution in [0.3, 0.4) is 0 Å². The predicted octanol–water partition coefficient (Wildman–Crippen LogP) is 4.70. The maximum Gasteiger partial charge on any atom is 0.243 e. The van der Waals surface area contributed by atoms with Crippen molar-refractivity contribution in [2.75, 3.05) is 0 Å². The average molecular weight is 314 g/mol. The van der Waals surface area contributed by atoms with Crippen LogP contribution in [0.15, 0.2) is 4.76 Å². The highest BCUT2D eigenvalue weighted by Crippen LogP contribution is 2.59. The highest BCUT2D eigenvalue weighted by atomic mass is 35.9. The van der Waals surface area contributed by atoms with Crippen LogP contribution in [0.4, 0.5) is 0 Å². The van der Waals surface area contributed by atoms with Gasteiger partial charge in [-0.3, -0.25) is 0 Å². The molecule has 1 nitrogen and oxygen atoms in total. The molecule has 0 saturated heterocycles. The van der Waals surface area contributed by atoms with Crippen molar-refractivity contribution in [2.45, 2.75) is 3.79 Å². The van der Waals surface area contributed by atoms with Gasteiger partial charge in [-0.25, -0.2) is 4.76 Å². The SMILES string of the molecule is S=P(Cl)(Cl)/N=C(\Cl)C(Cl)(Cl)Cl. The molecule has 0 fully saturated rings. The quantitative estimate of drug-likeness (QED) is 0.388. The molecule has 11 heavy (non-hydrogen) atoms.